The van der Waals surface area contributed by atoms with Crippen molar-refractivity contribution in [3.05, 3.63) is 29.8 Å². The Kier molecular flexibility index (Phi) is 3.45. The number of amides is 1. The summed E-state index contributed by atoms with van der Waals surface area (Å²) in [7, 11) is 1.76. The van der Waals surface area contributed by atoms with Crippen molar-refractivity contribution in [3.8, 4) is 0 Å². The maximum atomic E-state index is 12.1. The van der Waals surface area contributed by atoms with Gasteiger partial charge in [0.05, 0.1) is 12.1 Å². The Hall–Kier alpha value is -1.39. The van der Waals surface area contributed by atoms with Crippen molar-refractivity contribution < 1.29 is 9.90 Å². The standard InChI is InChI=1S/C13H18N2O2/c1-9-3-5-10(6-4-9)15(2)13(17)12-7-11(16)8-14-12/h3-6,11-12,14,16H,7-8H2,1-2H3. The molecular weight excluding hydrogens is 216 g/mol. The van der Waals surface area contributed by atoms with E-state index in [1.807, 2.05) is 31.2 Å². The van der Waals surface area contributed by atoms with Gasteiger partial charge in [0, 0.05) is 19.3 Å². The molecule has 0 spiro atoms. The fourth-order valence-corrected chi connectivity index (χ4v) is 2.03. The van der Waals surface area contributed by atoms with Crippen molar-refractivity contribution >= 4 is 11.6 Å². The Morgan fingerprint density at radius 3 is 2.59 bits per heavy atom. The summed E-state index contributed by atoms with van der Waals surface area (Å²) >= 11 is 0. The molecule has 1 fully saturated rings. The van der Waals surface area contributed by atoms with E-state index < -0.39 is 6.10 Å². The van der Waals surface area contributed by atoms with Crippen molar-refractivity contribution in [1.29, 1.82) is 0 Å². The number of aryl methyl sites for hydroxylation is 1. The van der Waals surface area contributed by atoms with Crippen LogP contribution in [0, 0.1) is 6.92 Å². The number of rotatable bonds is 2. The molecule has 1 aliphatic heterocycles. The maximum absolute atomic E-state index is 12.1. The van der Waals surface area contributed by atoms with Gasteiger partial charge in [0.2, 0.25) is 5.91 Å². The van der Waals surface area contributed by atoms with Crippen molar-refractivity contribution in [2.24, 2.45) is 0 Å². The second-order valence-corrected chi connectivity index (χ2v) is 4.58. The first-order valence-electron chi connectivity index (χ1n) is 5.83. The van der Waals surface area contributed by atoms with E-state index in [0.29, 0.717) is 13.0 Å². The number of likely N-dealkylation sites (N-methyl/N-ethyl adjacent to an activating group) is 1. The van der Waals surface area contributed by atoms with Crippen LogP contribution in [0.2, 0.25) is 0 Å². The van der Waals surface area contributed by atoms with Crippen LogP contribution in [0.4, 0.5) is 5.69 Å². The molecule has 4 nitrogen and oxygen atoms in total. The van der Waals surface area contributed by atoms with E-state index in [2.05, 4.69) is 5.32 Å². The lowest BCUT2D eigenvalue weighted by Crippen LogP contribution is -2.41. The van der Waals surface area contributed by atoms with Crippen LogP contribution in [0.1, 0.15) is 12.0 Å². The molecule has 2 unspecified atom stereocenters. The van der Waals surface area contributed by atoms with Gasteiger partial charge in [-0.25, -0.2) is 0 Å². The topological polar surface area (TPSA) is 52.6 Å². The van der Waals surface area contributed by atoms with E-state index >= 15 is 0 Å². The number of carbonyl (C=O) groups excluding carboxylic acids is 1. The minimum Gasteiger partial charge on any atom is -0.392 e. The first-order valence-corrected chi connectivity index (χ1v) is 5.83. The molecule has 0 radical (unpaired) electrons. The zero-order chi connectivity index (χ0) is 12.4. The van der Waals surface area contributed by atoms with E-state index in [0.717, 1.165) is 5.69 Å². The van der Waals surface area contributed by atoms with E-state index in [1.54, 1.807) is 11.9 Å². The van der Waals surface area contributed by atoms with Gasteiger partial charge >= 0.3 is 0 Å². The third kappa shape index (κ3) is 2.65. The predicted octanol–water partition coefficient (Wildman–Crippen LogP) is 0.681. The van der Waals surface area contributed by atoms with Gasteiger partial charge in [0.25, 0.3) is 0 Å². The van der Waals surface area contributed by atoms with Crippen molar-refractivity contribution in [3.63, 3.8) is 0 Å². The minimum atomic E-state index is -0.407. The zero-order valence-corrected chi connectivity index (χ0v) is 10.2. The summed E-state index contributed by atoms with van der Waals surface area (Å²) < 4.78 is 0. The number of nitrogens with zero attached hydrogens (tertiary/aromatic N) is 1. The van der Waals surface area contributed by atoms with Crippen LogP contribution in [0.3, 0.4) is 0 Å². The molecule has 1 aromatic rings. The zero-order valence-electron chi connectivity index (χ0n) is 10.2. The highest BCUT2D eigenvalue weighted by atomic mass is 16.3. The number of aliphatic hydroxyl groups is 1. The first-order chi connectivity index (χ1) is 8.08. The smallest absolute Gasteiger partial charge is 0.243 e. The fraction of sp³-hybridized carbons (Fsp3) is 0.462. The summed E-state index contributed by atoms with van der Waals surface area (Å²) in [5.74, 6) is 0.00500. The Bertz CT molecular complexity index is 402. The van der Waals surface area contributed by atoms with Gasteiger partial charge < -0.3 is 15.3 Å². The number of carbonyl (C=O) groups is 1. The number of anilines is 1. The Labute approximate surface area is 101 Å². The minimum absolute atomic E-state index is 0.00500. The van der Waals surface area contributed by atoms with E-state index in [1.165, 1.54) is 5.56 Å². The lowest BCUT2D eigenvalue weighted by molar-refractivity contribution is -0.120. The second-order valence-electron chi connectivity index (χ2n) is 4.58. The highest BCUT2D eigenvalue weighted by molar-refractivity contribution is 5.96. The summed E-state index contributed by atoms with van der Waals surface area (Å²) in [5.41, 5.74) is 2.05. The molecule has 0 bridgehead atoms. The molecule has 1 amide bonds. The molecule has 1 aliphatic rings. The molecule has 0 aliphatic carbocycles. The molecule has 0 aromatic heterocycles. The van der Waals surface area contributed by atoms with Gasteiger partial charge in [-0.3, -0.25) is 4.79 Å². The van der Waals surface area contributed by atoms with Crippen molar-refractivity contribution in [1.82, 2.24) is 5.32 Å². The van der Waals surface area contributed by atoms with Crippen LogP contribution in [0.15, 0.2) is 24.3 Å². The molecule has 1 aromatic carbocycles. The van der Waals surface area contributed by atoms with Crippen LogP contribution in [-0.2, 0) is 4.79 Å². The Morgan fingerprint density at radius 1 is 1.41 bits per heavy atom. The molecule has 2 N–H and O–H groups in total. The van der Waals surface area contributed by atoms with Crippen LogP contribution >= 0.6 is 0 Å². The van der Waals surface area contributed by atoms with E-state index in [-0.39, 0.29) is 11.9 Å². The van der Waals surface area contributed by atoms with Gasteiger partial charge in [-0.1, -0.05) is 17.7 Å². The largest absolute Gasteiger partial charge is 0.392 e. The van der Waals surface area contributed by atoms with Gasteiger partial charge in [-0.15, -0.1) is 0 Å². The molecule has 4 heteroatoms. The normalized spacial score (nSPS) is 23.7. The number of hydrogen-bond donors (Lipinski definition) is 2. The molecule has 2 rings (SSSR count). The van der Waals surface area contributed by atoms with Crippen LogP contribution in [-0.4, -0.2) is 36.8 Å². The quantitative estimate of drug-likeness (QED) is 0.791. The lowest BCUT2D eigenvalue weighted by Gasteiger charge is -2.21. The SMILES string of the molecule is Cc1ccc(N(C)C(=O)C2CC(O)CN2)cc1. The van der Waals surface area contributed by atoms with E-state index in [4.69, 9.17) is 0 Å². The molecule has 1 saturated heterocycles. The average molecular weight is 234 g/mol. The molecule has 1 heterocycles. The fourth-order valence-electron chi connectivity index (χ4n) is 2.03. The summed E-state index contributed by atoms with van der Waals surface area (Å²) in [6.07, 6.45) is 0.0880. The average Bonchev–Trinajstić information content (AvgIpc) is 2.75. The number of hydrogen-bond acceptors (Lipinski definition) is 3. The molecule has 0 saturated carbocycles. The van der Waals surface area contributed by atoms with E-state index in [9.17, 15) is 9.90 Å². The van der Waals surface area contributed by atoms with Crippen LogP contribution in [0.5, 0.6) is 0 Å². The molecule has 17 heavy (non-hydrogen) atoms. The summed E-state index contributed by atoms with van der Waals surface area (Å²) in [4.78, 5) is 13.8. The first kappa shape index (κ1) is 12.1. The highest BCUT2D eigenvalue weighted by Gasteiger charge is 2.30. The monoisotopic (exact) mass is 234 g/mol. The summed E-state index contributed by atoms with van der Waals surface area (Å²) in [5, 5.41) is 12.4. The van der Waals surface area contributed by atoms with Gasteiger partial charge in [0.1, 0.15) is 0 Å². The third-order valence-electron chi connectivity index (χ3n) is 3.16. The highest BCUT2D eigenvalue weighted by Crippen LogP contribution is 2.17. The summed E-state index contributed by atoms with van der Waals surface area (Å²) in [6.45, 7) is 2.51. The van der Waals surface area contributed by atoms with Gasteiger partial charge in [0.15, 0.2) is 0 Å². The number of nitrogens with one attached hydrogen (secondary N) is 1. The van der Waals surface area contributed by atoms with Gasteiger partial charge in [-0.2, -0.15) is 0 Å². The molecular formula is C13H18N2O2. The number of benzene rings is 1. The van der Waals surface area contributed by atoms with Crippen molar-refractivity contribution in [2.45, 2.75) is 25.5 Å². The Morgan fingerprint density at radius 2 is 2.06 bits per heavy atom. The van der Waals surface area contributed by atoms with Gasteiger partial charge in [-0.05, 0) is 25.5 Å². The lowest BCUT2D eigenvalue weighted by atomic mass is 10.1. The van der Waals surface area contributed by atoms with Crippen molar-refractivity contribution in [2.75, 3.05) is 18.5 Å². The van der Waals surface area contributed by atoms with Crippen LogP contribution in [0.25, 0.3) is 0 Å². The molecule has 92 valence electrons. The maximum Gasteiger partial charge on any atom is 0.243 e. The Balaban J connectivity index is 2.06. The predicted molar refractivity (Wildman–Crippen MR) is 67.0 cm³/mol. The number of β-amino-alcohol motifs (C(OH)–C–C–N with tert-alkyl or cyclic N) is 1. The molecule has 2 atom stereocenters. The third-order valence-corrected chi connectivity index (χ3v) is 3.16. The van der Waals surface area contributed by atoms with Crippen LogP contribution < -0.4 is 10.2 Å². The summed E-state index contributed by atoms with van der Waals surface area (Å²) in [6, 6.07) is 7.56. The second kappa shape index (κ2) is 4.85. The number of aliphatic hydroxyl groups excluding tert-OH is 1.